The number of fused-ring (bicyclic) bond motifs is 1. The summed E-state index contributed by atoms with van der Waals surface area (Å²) in [6.45, 7) is 0.171. The van der Waals surface area contributed by atoms with Gasteiger partial charge in [0, 0.05) is 30.3 Å². The third-order valence-corrected chi connectivity index (χ3v) is 7.07. The Balaban J connectivity index is 1.51. The van der Waals surface area contributed by atoms with E-state index in [0.29, 0.717) is 31.4 Å². The fraction of sp³-hybridized carbons (Fsp3) is 0.333. The molecule has 39 heavy (non-hydrogen) atoms. The monoisotopic (exact) mass is 541 g/mol. The molecule has 5 rings (SSSR count). The molecule has 204 valence electrons. The Labute approximate surface area is 221 Å². The minimum atomic E-state index is -4.76. The molecule has 0 spiro atoms. The van der Waals surface area contributed by atoms with E-state index in [4.69, 9.17) is 0 Å². The van der Waals surface area contributed by atoms with Crippen LogP contribution in [0.15, 0.2) is 48.8 Å². The van der Waals surface area contributed by atoms with Gasteiger partial charge in [0.1, 0.15) is 18.2 Å². The third-order valence-electron chi connectivity index (χ3n) is 7.07. The van der Waals surface area contributed by atoms with Crippen molar-refractivity contribution in [2.75, 3.05) is 17.2 Å². The Morgan fingerprint density at radius 1 is 1.05 bits per heavy atom. The zero-order valence-electron chi connectivity index (χ0n) is 20.7. The molecule has 12 heteroatoms. The molecular formula is C27H26F3N5O4. The Morgan fingerprint density at radius 2 is 1.82 bits per heavy atom. The molecule has 2 heterocycles. The van der Waals surface area contributed by atoms with Crippen molar-refractivity contribution in [2.24, 2.45) is 0 Å². The number of nitrogens with one attached hydrogen (secondary N) is 2. The molecule has 2 aliphatic rings. The summed E-state index contributed by atoms with van der Waals surface area (Å²) in [4.78, 5) is 33.7. The molecule has 0 saturated carbocycles. The van der Waals surface area contributed by atoms with Crippen LogP contribution in [0.25, 0.3) is 11.3 Å². The molecule has 3 aromatic rings. The van der Waals surface area contributed by atoms with E-state index in [1.807, 2.05) is 18.2 Å². The van der Waals surface area contributed by atoms with Crippen molar-refractivity contribution in [3.63, 3.8) is 0 Å². The van der Waals surface area contributed by atoms with Gasteiger partial charge in [0.25, 0.3) is 0 Å². The number of hydrogen-bond donors (Lipinski definition) is 4. The Morgan fingerprint density at radius 3 is 2.59 bits per heavy atom. The van der Waals surface area contributed by atoms with Crippen LogP contribution < -0.4 is 10.6 Å². The van der Waals surface area contributed by atoms with Crippen molar-refractivity contribution in [1.82, 2.24) is 14.9 Å². The molecule has 0 bridgehead atoms. The highest BCUT2D eigenvalue weighted by molar-refractivity contribution is 6.00. The van der Waals surface area contributed by atoms with Gasteiger partial charge in [0.2, 0.25) is 5.91 Å². The van der Waals surface area contributed by atoms with Crippen LogP contribution in [-0.2, 0) is 23.8 Å². The fourth-order valence-corrected chi connectivity index (χ4v) is 5.24. The van der Waals surface area contributed by atoms with Gasteiger partial charge < -0.3 is 20.8 Å². The number of benzene rings is 2. The molecule has 1 aliphatic heterocycles. The van der Waals surface area contributed by atoms with E-state index >= 15 is 0 Å². The number of carboxylic acid groups (broad SMARTS) is 1. The second-order valence-corrected chi connectivity index (χ2v) is 9.60. The molecule has 1 aliphatic carbocycles. The molecule has 1 aromatic heterocycles. The predicted octanol–water partition coefficient (Wildman–Crippen LogP) is 4.84. The van der Waals surface area contributed by atoms with E-state index in [1.54, 1.807) is 0 Å². The summed E-state index contributed by atoms with van der Waals surface area (Å²) in [5, 5.41) is 25.2. The van der Waals surface area contributed by atoms with Crippen LogP contribution in [0.1, 0.15) is 36.0 Å². The van der Waals surface area contributed by atoms with Crippen molar-refractivity contribution in [2.45, 2.75) is 50.4 Å². The topological polar surface area (TPSA) is 128 Å². The smallest absolute Gasteiger partial charge is 0.417 e. The quantitative estimate of drug-likeness (QED) is 0.364. The van der Waals surface area contributed by atoms with Crippen molar-refractivity contribution >= 4 is 29.2 Å². The first-order chi connectivity index (χ1) is 18.6. The maximum absolute atomic E-state index is 14.1. The van der Waals surface area contributed by atoms with E-state index in [9.17, 15) is 33.0 Å². The van der Waals surface area contributed by atoms with Crippen LogP contribution >= 0.6 is 0 Å². The van der Waals surface area contributed by atoms with Gasteiger partial charge in [-0.25, -0.2) is 14.8 Å². The second kappa shape index (κ2) is 10.5. The number of hydrogen-bond acceptors (Lipinski definition) is 6. The molecular weight excluding hydrogens is 515 g/mol. The summed E-state index contributed by atoms with van der Waals surface area (Å²) >= 11 is 0. The van der Waals surface area contributed by atoms with Gasteiger partial charge in [0.15, 0.2) is 0 Å². The summed E-state index contributed by atoms with van der Waals surface area (Å²) in [5.41, 5.74) is 1.09. The summed E-state index contributed by atoms with van der Waals surface area (Å²) in [6.07, 6.45) is -2.83. The number of carbonyl (C=O) groups excluding carboxylic acids is 1. The minimum absolute atomic E-state index is 0.0814. The number of alkyl halides is 3. The van der Waals surface area contributed by atoms with Crippen LogP contribution in [0.3, 0.4) is 0 Å². The zero-order valence-corrected chi connectivity index (χ0v) is 20.7. The standard InChI is InChI=1S/C27H26F3N5O4/c28-27(29,30)18-5-2-7-20(34-25(37)22-8-3-11-35(22)26(38)39)24(18)21-13-23(32-14-31-21)33-19-6-1-4-15-9-10-16(36)12-17(15)19/h1-2,4-7,13-14,16,22,36H,3,8-12H2,(H,34,37)(H,38,39)(H,31,32,33)/t16-,22-/m0/s1. The molecule has 2 amide bonds. The number of amides is 2. The molecule has 2 atom stereocenters. The number of aliphatic hydroxyl groups is 1. The van der Waals surface area contributed by atoms with Gasteiger partial charge in [-0.05, 0) is 55.0 Å². The number of anilines is 3. The first-order valence-corrected chi connectivity index (χ1v) is 12.5. The van der Waals surface area contributed by atoms with E-state index in [2.05, 4.69) is 20.6 Å². The van der Waals surface area contributed by atoms with Crippen LogP contribution in [-0.4, -0.2) is 55.8 Å². The van der Waals surface area contributed by atoms with Crippen LogP contribution in [0.4, 0.5) is 35.2 Å². The zero-order chi connectivity index (χ0) is 27.7. The van der Waals surface area contributed by atoms with E-state index in [-0.39, 0.29) is 35.7 Å². The molecule has 0 unspecified atom stereocenters. The van der Waals surface area contributed by atoms with Gasteiger partial charge >= 0.3 is 12.3 Å². The predicted molar refractivity (Wildman–Crippen MR) is 137 cm³/mol. The molecule has 1 saturated heterocycles. The molecule has 2 aromatic carbocycles. The SMILES string of the molecule is O=C(Nc1cccc(C(F)(F)F)c1-c1cc(Nc2cccc3c2C[C@@H](O)CC3)ncn1)[C@@H]1CCCN1C(=O)O. The highest BCUT2D eigenvalue weighted by Crippen LogP contribution is 2.41. The maximum Gasteiger partial charge on any atom is 0.417 e. The average Bonchev–Trinajstić information content (AvgIpc) is 3.39. The van der Waals surface area contributed by atoms with Crippen molar-refractivity contribution in [3.8, 4) is 11.3 Å². The van der Waals surface area contributed by atoms with Crippen LogP contribution in [0.2, 0.25) is 0 Å². The van der Waals surface area contributed by atoms with Crippen LogP contribution in [0, 0.1) is 0 Å². The summed E-state index contributed by atoms with van der Waals surface area (Å²) in [7, 11) is 0. The van der Waals surface area contributed by atoms with E-state index in [1.165, 1.54) is 18.2 Å². The van der Waals surface area contributed by atoms with E-state index in [0.717, 1.165) is 28.4 Å². The van der Waals surface area contributed by atoms with E-state index < -0.39 is 35.9 Å². The Bertz CT molecular complexity index is 1410. The lowest BCUT2D eigenvalue weighted by Crippen LogP contribution is -2.42. The highest BCUT2D eigenvalue weighted by Gasteiger charge is 2.37. The minimum Gasteiger partial charge on any atom is -0.465 e. The average molecular weight is 542 g/mol. The molecule has 1 fully saturated rings. The van der Waals surface area contributed by atoms with Crippen molar-refractivity contribution < 1.29 is 33.0 Å². The lowest BCUT2D eigenvalue weighted by Gasteiger charge is -2.24. The number of aromatic nitrogens is 2. The lowest BCUT2D eigenvalue weighted by atomic mass is 9.88. The first-order valence-electron chi connectivity index (χ1n) is 12.5. The Hall–Kier alpha value is -4.19. The van der Waals surface area contributed by atoms with Gasteiger partial charge in [-0.2, -0.15) is 13.2 Å². The number of nitrogens with zero attached hydrogens (tertiary/aromatic N) is 3. The number of aryl methyl sites for hydroxylation is 1. The molecule has 4 N–H and O–H groups in total. The van der Waals surface area contributed by atoms with Crippen molar-refractivity contribution in [1.29, 1.82) is 0 Å². The number of likely N-dealkylation sites (tertiary alicyclic amines) is 1. The first kappa shape index (κ1) is 26.4. The number of carbonyl (C=O) groups is 2. The summed E-state index contributed by atoms with van der Waals surface area (Å²) in [5.74, 6) is -0.479. The molecule has 0 radical (unpaired) electrons. The van der Waals surface area contributed by atoms with Gasteiger partial charge in [-0.1, -0.05) is 18.2 Å². The summed E-state index contributed by atoms with van der Waals surface area (Å²) < 4.78 is 42.3. The number of halogens is 3. The van der Waals surface area contributed by atoms with Gasteiger partial charge in [0.05, 0.1) is 23.0 Å². The fourth-order valence-electron chi connectivity index (χ4n) is 5.24. The number of aliphatic hydroxyl groups excluding tert-OH is 1. The van der Waals surface area contributed by atoms with Crippen LogP contribution in [0.5, 0.6) is 0 Å². The second-order valence-electron chi connectivity index (χ2n) is 9.60. The lowest BCUT2D eigenvalue weighted by molar-refractivity contribution is -0.137. The van der Waals surface area contributed by atoms with Gasteiger partial charge in [-0.3, -0.25) is 9.69 Å². The number of rotatable bonds is 5. The van der Waals surface area contributed by atoms with Gasteiger partial charge in [-0.15, -0.1) is 0 Å². The highest BCUT2D eigenvalue weighted by atomic mass is 19.4. The van der Waals surface area contributed by atoms with Crippen molar-refractivity contribution in [3.05, 3.63) is 65.5 Å². The normalized spacial score (nSPS) is 18.9. The Kier molecular flexibility index (Phi) is 7.13. The summed E-state index contributed by atoms with van der Waals surface area (Å²) in [6, 6.07) is 9.39. The largest absolute Gasteiger partial charge is 0.465 e. The third kappa shape index (κ3) is 5.51. The molecule has 9 nitrogen and oxygen atoms in total. The maximum atomic E-state index is 14.1.